The molecule has 0 saturated carbocycles. The molecule has 1 aromatic heterocycles. The fraction of sp³-hybridized carbons (Fsp3) is 0.519. The third kappa shape index (κ3) is 6.35. The molecule has 2 heterocycles. The molecule has 7 heteroatoms. The van der Waals surface area contributed by atoms with E-state index < -0.39 is 5.97 Å². The number of pyridine rings is 1. The molecule has 34 heavy (non-hydrogen) atoms. The Bertz CT molecular complexity index is 997. The van der Waals surface area contributed by atoms with E-state index in [1.807, 2.05) is 45.0 Å². The molecule has 0 bridgehead atoms. The summed E-state index contributed by atoms with van der Waals surface area (Å²) in [4.78, 5) is 19.7. The van der Waals surface area contributed by atoms with E-state index in [4.69, 9.17) is 14.9 Å². The minimum Gasteiger partial charge on any atom is -0.461 e. The van der Waals surface area contributed by atoms with Crippen LogP contribution in [0.1, 0.15) is 61.6 Å². The second-order valence-electron chi connectivity index (χ2n) is 9.25. The molecule has 0 radical (unpaired) electrons. The van der Waals surface area contributed by atoms with Crippen LogP contribution in [0.15, 0.2) is 30.3 Å². The Morgan fingerprint density at radius 1 is 1.26 bits per heavy atom. The lowest BCUT2D eigenvalue weighted by Crippen LogP contribution is -2.35. The highest BCUT2D eigenvalue weighted by molar-refractivity contribution is 6.09. The Kier molecular flexibility index (Phi) is 9.05. The molecule has 1 aliphatic rings. The fourth-order valence-electron chi connectivity index (χ4n) is 4.34. The molecule has 0 unspecified atom stereocenters. The molecule has 1 aromatic carbocycles. The smallest absolute Gasteiger partial charge is 0.357 e. The second kappa shape index (κ2) is 12.0. The van der Waals surface area contributed by atoms with Crippen molar-refractivity contribution in [3.63, 3.8) is 0 Å². The van der Waals surface area contributed by atoms with Gasteiger partial charge in [-0.05, 0) is 68.7 Å². The predicted octanol–water partition coefficient (Wildman–Crippen LogP) is 5.59. The number of benzene rings is 1. The molecule has 0 amide bonds. The van der Waals surface area contributed by atoms with E-state index in [1.165, 1.54) is 0 Å². The first-order chi connectivity index (χ1) is 16.3. The van der Waals surface area contributed by atoms with Crippen molar-refractivity contribution in [1.82, 2.24) is 4.98 Å². The lowest BCUT2D eigenvalue weighted by molar-refractivity contribution is 0.0519. The molecule has 7 nitrogen and oxygen atoms in total. The van der Waals surface area contributed by atoms with E-state index >= 15 is 0 Å². The van der Waals surface area contributed by atoms with Crippen LogP contribution in [-0.2, 0) is 9.47 Å². The number of rotatable bonds is 10. The predicted molar refractivity (Wildman–Crippen MR) is 138 cm³/mol. The molecule has 2 N–H and O–H groups in total. The molecular weight excluding hydrogens is 428 g/mol. The number of piperidine rings is 1. The van der Waals surface area contributed by atoms with Crippen molar-refractivity contribution in [2.45, 2.75) is 47.0 Å². The van der Waals surface area contributed by atoms with Crippen molar-refractivity contribution in [2.24, 2.45) is 11.8 Å². The topological polar surface area (TPSA) is 87.5 Å². The van der Waals surface area contributed by atoms with Gasteiger partial charge in [-0.25, -0.2) is 9.78 Å². The maximum atomic E-state index is 12.7. The quantitative estimate of drug-likeness (QED) is 0.351. The van der Waals surface area contributed by atoms with Crippen LogP contribution in [0.5, 0.6) is 0 Å². The third-order valence-electron chi connectivity index (χ3n) is 6.30. The number of aromatic nitrogens is 1. The average molecular weight is 467 g/mol. The van der Waals surface area contributed by atoms with Crippen molar-refractivity contribution < 1.29 is 14.3 Å². The zero-order valence-corrected chi connectivity index (χ0v) is 21.1. The standard InChI is InChI=1S/C27H38N4O3/c1-6-34-27(32)22-17-23(31-13-10-20(11-14-31)12-15-33-5)24(25(28)18(2)3)26(30-22)29-21-9-7-8-19(4)16-21/h7-9,16-18,20,28H,6,10-15H2,1-5H3,(H,29,30). The maximum absolute atomic E-state index is 12.7. The van der Waals surface area contributed by atoms with Gasteiger partial charge in [0.25, 0.3) is 0 Å². The van der Waals surface area contributed by atoms with E-state index in [-0.39, 0.29) is 18.2 Å². The zero-order chi connectivity index (χ0) is 24.7. The van der Waals surface area contributed by atoms with E-state index in [2.05, 4.69) is 15.2 Å². The van der Waals surface area contributed by atoms with Crippen LogP contribution in [0.25, 0.3) is 0 Å². The summed E-state index contributed by atoms with van der Waals surface area (Å²) in [6.45, 7) is 10.6. The maximum Gasteiger partial charge on any atom is 0.357 e. The number of carbonyl (C=O) groups excluding carboxylic acids is 1. The van der Waals surface area contributed by atoms with Crippen molar-refractivity contribution in [1.29, 1.82) is 5.41 Å². The van der Waals surface area contributed by atoms with E-state index in [0.717, 1.165) is 61.5 Å². The van der Waals surface area contributed by atoms with Crippen LogP contribution in [0.4, 0.5) is 17.2 Å². The van der Waals surface area contributed by atoms with Gasteiger partial charge in [-0.15, -0.1) is 0 Å². The highest BCUT2D eigenvalue weighted by Crippen LogP contribution is 2.35. The van der Waals surface area contributed by atoms with Crippen LogP contribution in [-0.4, -0.2) is 50.1 Å². The van der Waals surface area contributed by atoms with Gasteiger partial charge in [0, 0.05) is 38.2 Å². The summed E-state index contributed by atoms with van der Waals surface area (Å²) in [5, 5.41) is 12.3. The number of ether oxygens (including phenoxy) is 2. The van der Waals surface area contributed by atoms with Gasteiger partial charge in [-0.3, -0.25) is 0 Å². The van der Waals surface area contributed by atoms with Gasteiger partial charge in [-0.2, -0.15) is 0 Å². The normalized spacial score (nSPS) is 14.4. The summed E-state index contributed by atoms with van der Waals surface area (Å²) in [7, 11) is 1.75. The number of nitrogens with one attached hydrogen (secondary N) is 2. The summed E-state index contributed by atoms with van der Waals surface area (Å²) in [5.74, 6) is 0.701. The molecule has 0 spiro atoms. The van der Waals surface area contributed by atoms with Crippen molar-refractivity contribution >= 4 is 28.9 Å². The van der Waals surface area contributed by atoms with Gasteiger partial charge in [0.15, 0.2) is 5.69 Å². The summed E-state index contributed by atoms with van der Waals surface area (Å²) in [6.07, 6.45) is 3.16. The highest BCUT2D eigenvalue weighted by atomic mass is 16.5. The van der Waals surface area contributed by atoms with E-state index in [1.54, 1.807) is 20.1 Å². The molecule has 0 aliphatic carbocycles. The van der Waals surface area contributed by atoms with Crippen LogP contribution in [0, 0.1) is 24.2 Å². The lowest BCUT2D eigenvalue weighted by atomic mass is 9.92. The van der Waals surface area contributed by atoms with E-state index in [0.29, 0.717) is 17.4 Å². The van der Waals surface area contributed by atoms with Crippen LogP contribution < -0.4 is 10.2 Å². The lowest BCUT2D eigenvalue weighted by Gasteiger charge is -2.35. The number of hydrogen-bond acceptors (Lipinski definition) is 7. The van der Waals surface area contributed by atoms with Gasteiger partial charge < -0.3 is 25.1 Å². The highest BCUT2D eigenvalue weighted by Gasteiger charge is 2.27. The molecule has 1 aliphatic heterocycles. The molecule has 1 saturated heterocycles. The molecule has 3 rings (SSSR count). The summed E-state index contributed by atoms with van der Waals surface area (Å²) in [6, 6.07) is 9.81. The Hall–Kier alpha value is -2.93. The first-order valence-corrected chi connectivity index (χ1v) is 12.2. The van der Waals surface area contributed by atoms with Crippen molar-refractivity contribution in [3.8, 4) is 0 Å². The number of nitrogens with zero attached hydrogens (tertiary/aromatic N) is 2. The Morgan fingerprint density at radius 3 is 2.62 bits per heavy atom. The fourth-order valence-corrected chi connectivity index (χ4v) is 4.34. The first-order valence-electron chi connectivity index (χ1n) is 12.2. The first kappa shape index (κ1) is 25.7. The number of anilines is 3. The number of hydrogen-bond donors (Lipinski definition) is 2. The number of methoxy groups -OCH3 is 1. The second-order valence-corrected chi connectivity index (χ2v) is 9.25. The van der Waals surface area contributed by atoms with Crippen molar-refractivity contribution in [3.05, 3.63) is 47.2 Å². The monoisotopic (exact) mass is 466 g/mol. The minimum absolute atomic E-state index is 0.00583. The van der Waals surface area contributed by atoms with Gasteiger partial charge >= 0.3 is 5.97 Å². The number of aryl methyl sites for hydroxylation is 1. The summed E-state index contributed by atoms with van der Waals surface area (Å²) in [5.41, 5.74) is 4.36. The molecular formula is C27H38N4O3. The number of esters is 1. The Balaban J connectivity index is 2.06. The van der Waals surface area contributed by atoms with Crippen LogP contribution in [0.3, 0.4) is 0 Å². The van der Waals surface area contributed by atoms with Gasteiger partial charge in [0.05, 0.1) is 17.9 Å². The number of carbonyl (C=O) groups is 1. The summed E-state index contributed by atoms with van der Waals surface area (Å²) < 4.78 is 10.6. The van der Waals surface area contributed by atoms with Crippen LogP contribution in [0.2, 0.25) is 0 Å². The third-order valence-corrected chi connectivity index (χ3v) is 6.30. The minimum atomic E-state index is -0.450. The molecule has 184 valence electrons. The zero-order valence-electron chi connectivity index (χ0n) is 21.1. The van der Waals surface area contributed by atoms with E-state index in [9.17, 15) is 4.79 Å². The van der Waals surface area contributed by atoms with Crippen molar-refractivity contribution in [2.75, 3.05) is 43.6 Å². The largest absolute Gasteiger partial charge is 0.461 e. The summed E-state index contributed by atoms with van der Waals surface area (Å²) >= 11 is 0. The molecule has 1 fully saturated rings. The van der Waals surface area contributed by atoms with Gasteiger partial charge in [0.2, 0.25) is 0 Å². The Labute approximate surface area is 203 Å². The SMILES string of the molecule is CCOC(=O)c1cc(N2CCC(CCOC)CC2)c(C(=N)C(C)C)c(Nc2cccc(C)c2)n1. The molecule has 0 atom stereocenters. The van der Waals surface area contributed by atoms with Gasteiger partial charge in [0.1, 0.15) is 5.82 Å². The van der Waals surface area contributed by atoms with Gasteiger partial charge in [-0.1, -0.05) is 26.0 Å². The molecule has 2 aromatic rings. The van der Waals surface area contributed by atoms with Crippen LogP contribution >= 0.6 is 0 Å². The Morgan fingerprint density at radius 2 is 2.00 bits per heavy atom. The average Bonchev–Trinajstić information content (AvgIpc) is 2.82.